The van der Waals surface area contributed by atoms with Crippen molar-refractivity contribution >= 4 is 23.6 Å². The van der Waals surface area contributed by atoms with E-state index in [9.17, 15) is 19.5 Å². The molecule has 3 unspecified atom stereocenters. The summed E-state index contributed by atoms with van der Waals surface area (Å²) in [4.78, 5) is 42.9. The summed E-state index contributed by atoms with van der Waals surface area (Å²) in [5.41, 5.74) is 0.701. The number of carbonyl (C=O) groups is 3. The largest absolute Gasteiger partial charge is 0.480 e. The number of nitrogens with one attached hydrogen (secondary N) is 2. The molecule has 3 N–H and O–H groups in total. The lowest BCUT2D eigenvalue weighted by molar-refractivity contribution is -0.140. The van der Waals surface area contributed by atoms with Gasteiger partial charge in [-0.1, -0.05) is 19.9 Å². The van der Waals surface area contributed by atoms with E-state index in [4.69, 9.17) is 4.74 Å². The van der Waals surface area contributed by atoms with E-state index in [1.165, 1.54) is 11.1 Å². The molecule has 0 bridgehead atoms. The second kappa shape index (κ2) is 9.61. The smallest absolute Gasteiger partial charge is 0.327 e. The third kappa shape index (κ3) is 4.85. The Morgan fingerprint density at radius 2 is 2.07 bits per heavy atom. The van der Waals surface area contributed by atoms with Crippen molar-refractivity contribution in [2.45, 2.75) is 45.3 Å². The predicted molar refractivity (Wildman–Crippen MR) is 103 cm³/mol. The van der Waals surface area contributed by atoms with Crippen LogP contribution in [0, 0.1) is 5.92 Å². The molecule has 0 radical (unpaired) electrons. The fourth-order valence-electron chi connectivity index (χ4n) is 3.12. The molecule has 1 aromatic rings. The van der Waals surface area contributed by atoms with Crippen molar-refractivity contribution in [1.29, 1.82) is 0 Å². The highest BCUT2D eigenvalue weighted by Crippen LogP contribution is 2.31. The monoisotopic (exact) mass is 392 g/mol. The Morgan fingerprint density at radius 3 is 2.68 bits per heavy atom. The van der Waals surface area contributed by atoms with Gasteiger partial charge in [-0.3, -0.25) is 14.5 Å². The molecule has 9 nitrogen and oxygen atoms in total. The van der Waals surface area contributed by atoms with Gasteiger partial charge in [0.25, 0.3) is 5.91 Å². The molecule has 28 heavy (non-hydrogen) atoms. The molecule has 2 rings (SSSR count). The second-order valence-electron chi connectivity index (χ2n) is 7.15. The van der Waals surface area contributed by atoms with Gasteiger partial charge >= 0.3 is 5.97 Å². The van der Waals surface area contributed by atoms with Crippen LogP contribution in [-0.2, 0) is 25.5 Å². The number of hydrogen-bond donors (Lipinski definition) is 3. The van der Waals surface area contributed by atoms with Crippen molar-refractivity contribution in [2.24, 2.45) is 5.92 Å². The van der Waals surface area contributed by atoms with Crippen LogP contribution >= 0.6 is 0 Å². The standard InChI is InChI=1S/C19H28N4O5/c1-11(2)15(22-17(24)12(3)20-8-9-28-4)18(25)23-14(19(26)27)10-13-6-5-7-21-16(13)23/h5-7,11-12,14-15,20H,8-10H2,1-4H3,(H,22,24)(H,26,27). The van der Waals surface area contributed by atoms with Crippen LogP contribution in [0.2, 0.25) is 0 Å². The zero-order chi connectivity index (χ0) is 20.8. The fraction of sp³-hybridized carbons (Fsp3) is 0.579. The van der Waals surface area contributed by atoms with Gasteiger partial charge in [-0.2, -0.15) is 0 Å². The topological polar surface area (TPSA) is 121 Å². The summed E-state index contributed by atoms with van der Waals surface area (Å²) >= 11 is 0. The van der Waals surface area contributed by atoms with Crippen LogP contribution in [0.25, 0.3) is 0 Å². The Hall–Kier alpha value is -2.52. The van der Waals surface area contributed by atoms with Gasteiger partial charge in [-0.05, 0) is 24.5 Å². The van der Waals surface area contributed by atoms with Crippen molar-refractivity contribution in [3.8, 4) is 0 Å². The van der Waals surface area contributed by atoms with E-state index >= 15 is 0 Å². The van der Waals surface area contributed by atoms with Gasteiger partial charge < -0.3 is 20.5 Å². The average Bonchev–Trinajstić information content (AvgIpc) is 3.05. The van der Waals surface area contributed by atoms with Gasteiger partial charge in [0.15, 0.2) is 0 Å². The van der Waals surface area contributed by atoms with E-state index < -0.39 is 30.0 Å². The number of nitrogens with zero attached hydrogens (tertiary/aromatic N) is 2. The molecule has 9 heteroatoms. The van der Waals surface area contributed by atoms with Gasteiger partial charge in [0.2, 0.25) is 5.91 Å². The van der Waals surface area contributed by atoms with Crippen molar-refractivity contribution < 1.29 is 24.2 Å². The third-order valence-electron chi connectivity index (χ3n) is 4.72. The number of aromatic nitrogens is 1. The summed E-state index contributed by atoms with van der Waals surface area (Å²) in [6.45, 7) is 6.25. The molecule has 1 aliphatic rings. The number of rotatable bonds is 9. The maximum Gasteiger partial charge on any atom is 0.327 e. The molecular formula is C19H28N4O5. The highest BCUT2D eigenvalue weighted by molar-refractivity contribution is 6.05. The first kappa shape index (κ1) is 21.8. The molecule has 0 aliphatic carbocycles. The summed E-state index contributed by atoms with van der Waals surface area (Å²) in [7, 11) is 1.57. The van der Waals surface area contributed by atoms with Crippen molar-refractivity contribution in [1.82, 2.24) is 15.6 Å². The number of methoxy groups -OCH3 is 1. The lowest BCUT2D eigenvalue weighted by Gasteiger charge is -2.30. The highest BCUT2D eigenvalue weighted by atomic mass is 16.5. The van der Waals surface area contributed by atoms with Crippen LogP contribution in [0.5, 0.6) is 0 Å². The Kier molecular flexibility index (Phi) is 7.47. The number of anilines is 1. The molecule has 1 aliphatic heterocycles. The van der Waals surface area contributed by atoms with E-state index in [2.05, 4.69) is 15.6 Å². The Balaban J connectivity index is 2.19. The third-order valence-corrected chi connectivity index (χ3v) is 4.72. The lowest BCUT2D eigenvalue weighted by atomic mass is 10.0. The molecule has 0 fully saturated rings. The quantitative estimate of drug-likeness (QED) is 0.513. The van der Waals surface area contributed by atoms with Gasteiger partial charge in [0, 0.05) is 26.3 Å². The number of aliphatic carboxylic acids is 1. The van der Waals surface area contributed by atoms with Crippen LogP contribution in [0.15, 0.2) is 18.3 Å². The van der Waals surface area contributed by atoms with Crippen molar-refractivity contribution in [2.75, 3.05) is 25.2 Å². The molecule has 2 amide bonds. The van der Waals surface area contributed by atoms with E-state index in [-0.39, 0.29) is 18.2 Å². The van der Waals surface area contributed by atoms with Crippen LogP contribution < -0.4 is 15.5 Å². The molecule has 1 aromatic heterocycles. The van der Waals surface area contributed by atoms with Crippen LogP contribution in [-0.4, -0.2) is 66.3 Å². The molecule has 0 spiro atoms. The first-order chi connectivity index (χ1) is 13.3. The molecule has 3 atom stereocenters. The average molecular weight is 392 g/mol. The number of carboxylic acid groups (broad SMARTS) is 1. The van der Waals surface area contributed by atoms with E-state index in [0.29, 0.717) is 24.5 Å². The van der Waals surface area contributed by atoms with E-state index in [0.717, 1.165) is 0 Å². The van der Waals surface area contributed by atoms with Crippen LogP contribution in [0.4, 0.5) is 5.82 Å². The summed E-state index contributed by atoms with van der Waals surface area (Å²) in [6.07, 6.45) is 1.71. The number of pyridine rings is 1. The first-order valence-electron chi connectivity index (χ1n) is 9.30. The maximum absolute atomic E-state index is 13.3. The van der Waals surface area contributed by atoms with Gasteiger partial charge in [0.05, 0.1) is 12.6 Å². The minimum Gasteiger partial charge on any atom is -0.480 e. The summed E-state index contributed by atoms with van der Waals surface area (Å²) < 4.78 is 4.95. The van der Waals surface area contributed by atoms with Crippen molar-refractivity contribution in [3.63, 3.8) is 0 Å². The molecule has 2 heterocycles. The Bertz CT molecular complexity index is 724. The predicted octanol–water partition coefficient (Wildman–Crippen LogP) is 0.189. The summed E-state index contributed by atoms with van der Waals surface area (Å²) in [5.74, 6) is -1.81. The fourth-order valence-corrected chi connectivity index (χ4v) is 3.12. The van der Waals surface area contributed by atoms with E-state index in [1.54, 1.807) is 40.0 Å². The first-order valence-corrected chi connectivity index (χ1v) is 9.30. The number of carboxylic acids is 1. The number of amides is 2. The van der Waals surface area contributed by atoms with Crippen LogP contribution in [0.1, 0.15) is 26.3 Å². The van der Waals surface area contributed by atoms with Gasteiger partial charge in [-0.25, -0.2) is 9.78 Å². The summed E-state index contributed by atoms with van der Waals surface area (Å²) in [5, 5.41) is 15.4. The molecule has 0 saturated heterocycles. The number of ether oxygens (including phenoxy) is 1. The minimum atomic E-state index is -1.10. The number of carbonyl (C=O) groups excluding carboxylic acids is 2. The second-order valence-corrected chi connectivity index (χ2v) is 7.15. The lowest BCUT2D eigenvalue weighted by Crippen LogP contribution is -2.57. The maximum atomic E-state index is 13.3. The Morgan fingerprint density at radius 1 is 1.36 bits per heavy atom. The van der Waals surface area contributed by atoms with E-state index in [1.807, 2.05) is 0 Å². The van der Waals surface area contributed by atoms with Gasteiger partial charge in [0.1, 0.15) is 17.9 Å². The zero-order valence-electron chi connectivity index (χ0n) is 16.6. The molecule has 154 valence electrons. The molecular weight excluding hydrogens is 364 g/mol. The normalized spacial score (nSPS) is 17.9. The molecule has 0 aromatic carbocycles. The minimum absolute atomic E-state index is 0.192. The summed E-state index contributed by atoms with van der Waals surface area (Å²) in [6, 6.07) is 1.04. The number of hydrogen-bond acceptors (Lipinski definition) is 6. The van der Waals surface area contributed by atoms with Gasteiger partial charge in [-0.15, -0.1) is 0 Å². The van der Waals surface area contributed by atoms with Crippen molar-refractivity contribution in [3.05, 3.63) is 23.9 Å². The molecule has 0 saturated carbocycles. The number of fused-ring (bicyclic) bond motifs is 1. The SMILES string of the molecule is COCCNC(C)C(=O)NC(C(=O)N1c2ncccc2CC1C(=O)O)C(C)C. The zero-order valence-corrected chi connectivity index (χ0v) is 16.6. The highest BCUT2D eigenvalue weighted by Gasteiger charge is 2.43. The van der Waals surface area contributed by atoms with Crippen LogP contribution in [0.3, 0.4) is 0 Å². The Labute approximate surface area is 164 Å².